The molecular weight excluding hydrogens is 260 g/mol. The molecule has 5 nitrogen and oxygen atoms in total. The van der Waals surface area contributed by atoms with Gasteiger partial charge in [-0.3, -0.25) is 4.79 Å². The smallest absolute Gasteiger partial charge is 0.241 e. The van der Waals surface area contributed by atoms with E-state index in [9.17, 15) is 13.2 Å². The number of nitriles is 1. The van der Waals surface area contributed by atoms with Crippen molar-refractivity contribution in [3.05, 3.63) is 0 Å². The van der Waals surface area contributed by atoms with E-state index in [0.29, 0.717) is 18.7 Å². The van der Waals surface area contributed by atoms with Crippen LogP contribution in [0.5, 0.6) is 0 Å². The molecule has 1 aliphatic rings. The van der Waals surface area contributed by atoms with Crippen molar-refractivity contribution in [2.24, 2.45) is 5.92 Å². The largest absolute Gasteiger partial charge is 0.323 e. The van der Waals surface area contributed by atoms with Crippen LogP contribution in [-0.4, -0.2) is 48.9 Å². The van der Waals surface area contributed by atoms with E-state index in [-0.39, 0.29) is 5.91 Å². The Balaban J connectivity index is 2.93. The van der Waals surface area contributed by atoms with Gasteiger partial charge in [-0.25, -0.2) is 8.42 Å². The van der Waals surface area contributed by atoms with E-state index in [1.54, 1.807) is 6.92 Å². The van der Waals surface area contributed by atoms with Crippen LogP contribution in [0.25, 0.3) is 0 Å². The van der Waals surface area contributed by atoms with Gasteiger partial charge >= 0.3 is 0 Å². The van der Waals surface area contributed by atoms with E-state index >= 15 is 0 Å². The average Bonchev–Trinajstić information content (AvgIpc) is 2.29. The van der Waals surface area contributed by atoms with Crippen LogP contribution in [0, 0.1) is 17.2 Å². The van der Waals surface area contributed by atoms with Gasteiger partial charge in [0.2, 0.25) is 5.91 Å². The summed E-state index contributed by atoms with van der Waals surface area (Å²) in [6.07, 6.45) is 1.55. The monoisotopic (exact) mass is 276 g/mol. The number of nitrogens with zero attached hydrogens (tertiary/aromatic N) is 2. The lowest BCUT2D eigenvalue weighted by atomic mass is 10.1. The first kappa shape index (κ1) is 14.3. The van der Waals surface area contributed by atoms with Crippen LogP contribution < -0.4 is 0 Å². The summed E-state index contributed by atoms with van der Waals surface area (Å²) in [5.41, 5.74) is 0. The van der Waals surface area contributed by atoms with E-state index in [1.165, 1.54) is 16.7 Å². The van der Waals surface area contributed by atoms with Crippen molar-refractivity contribution in [2.45, 2.75) is 18.7 Å². The molecule has 2 atom stereocenters. The maximum Gasteiger partial charge on any atom is 0.241 e. The Bertz CT molecular complexity index is 427. The predicted octanol–water partition coefficient (Wildman–Crippen LogP) is 0.482. The number of carbonyl (C=O) groups excluding carboxylic acids is 1. The third-order valence-corrected chi connectivity index (χ3v) is 5.37. The van der Waals surface area contributed by atoms with Gasteiger partial charge in [-0.2, -0.15) is 17.0 Å². The Kier molecular flexibility index (Phi) is 4.83. The number of amides is 1. The molecule has 0 aromatic carbocycles. The second-order valence-corrected chi connectivity index (χ2v) is 7.33. The molecule has 0 spiro atoms. The van der Waals surface area contributed by atoms with Gasteiger partial charge in [0.1, 0.15) is 11.3 Å². The molecule has 0 bridgehead atoms. The summed E-state index contributed by atoms with van der Waals surface area (Å²) >= 11 is 1.52. The van der Waals surface area contributed by atoms with Crippen LogP contribution >= 0.6 is 11.8 Å². The summed E-state index contributed by atoms with van der Waals surface area (Å²) in [7, 11) is -3.30. The van der Waals surface area contributed by atoms with Gasteiger partial charge in [0, 0.05) is 24.3 Å². The highest BCUT2D eigenvalue weighted by Gasteiger charge is 2.36. The van der Waals surface area contributed by atoms with Gasteiger partial charge in [-0.05, 0) is 6.42 Å². The zero-order valence-corrected chi connectivity index (χ0v) is 11.6. The second kappa shape index (κ2) is 5.74. The highest BCUT2D eigenvalue weighted by molar-refractivity contribution is 8.00. The number of sulfone groups is 1. The van der Waals surface area contributed by atoms with Gasteiger partial charge in [0.05, 0.1) is 6.07 Å². The Hall–Kier alpha value is -0.740. The van der Waals surface area contributed by atoms with Gasteiger partial charge in [-0.15, -0.1) is 0 Å². The first-order valence-electron chi connectivity index (χ1n) is 5.38. The average molecular weight is 276 g/mol. The minimum atomic E-state index is -3.30. The fraction of sp³-hybridized carbons (Fsp3) is 0.800. The van der Waals surface area contributed by atoms with E-state index < -0.39 is 21.1 Å². The third kappa shape index (κ3) is 3.36. The first-order chi connectivity index (χ1) is 7.91. The lowest BCUT2D eigenvalue weighted by molar-refractivity contribution is -0.134. The van der Waals surface area contributed by atoms with Crippen LogP contribution in [0.2, 0.25) is 0 Å². The molecule has 0 saturated carbocycles. The van der Waals surface area contributed by atoms with Gasteiger partial charge in [0.15, 0.2) is 9.84 Å². The van der Waals surface area contributed by atoms with E-state index in [4.69, 9.17) is 5.26 Å². The molecule has 1 saturated heterocycles. The molecule has 1 amide bonds. The highest BCUT2D eigenvalue weighted by atomic mass is 32.2. The summed E-state index contributed by atoms with van der Waals surface area (Å²) in [6, 6.07) is 1.93. The Morgan fingerprint density at radius 2 is 2.29 bits per heavy atom. The summed E-state index contributed by atoms with van der Waals surface area (Å²) in [5, 5.41) is 8.08. The molecule has 0 aromatic rings. The fourth-order valence-electron chi connectivity index (χ4n) is 1.71. The van der Waals surface area contributed by atoms with Gasteiger partial charge in [-0.1, -0.05) is 6.92 Å². The molecular formula is C10H16N2O3S2. The standard InChI is InChI=1S/C10H16N2O3S2/c1-3-8(6-11)10(13)12-4-5-16-7-9(12)17(2,14)15/h8-9H,3-5,7H2,1-2H3. The van der Waals surface area contributed by atoms with Crippen molar-refractivity contribution >= 4 is 27.5 Å². The lowest BCUT2D eigenvalue weighted by Crippen LogP contribution is -2.51. The minimum Gasteiger partial charge on any atom is -0.323 e. The molecule has 1 fully saturated rings. The minimum absolute atomic E-state index is 0.356. The van der Waals surface area contributed by atoms with Crippen LogP contribution in [-0.2, 0) is 14.6 Å². The molecule has 0 radical (unpaired) electrons. The van der Waals surface area contributed by atoms with Crippen molar-refractivity contribution in [1.29, 1.82) is 5.26 Å². The van der Waals surface area contributed by atoms with E-state index in [1.807, 2.05) is 6.07 Å². The Labute approximate surface area is 106 Å². The van der Waals surface area contributed by atoms with Crippen molar-refractivity contribution in [3.63, 3.8) is 0 Å². The predicted molar refractivity (Wildman–Crippen MR) is 67.1 cm³/mol. The van der Waals surface area contributed by atoms with Crippen LogP contribution in [0.15, 0.2) is 0 Å². The SMILES string of the molecule is CCC(C#N)C(=O)N1CCSCC1S(C)(=O)=O. The maximum atomic E-state index is 12.0. The molecule has 17 heavy (non-hydrogen) atoms. The van der Waals surface area contributed by atoms with Crippen molar-refractivity contribution in [2.75, 3.05) is 24.3 Å². The molecule has 7 heteroatoms. The number of carbonyl (C=O) groups is 1. The molecule has 2 unspecified atom stereocenters. The number of rotatable bonds is 3. The quantitative estimate of drug-likeness (QED) is 0.749. The fourth-order valence-corrected chi connectivity index (χ4v) is 4.53. The molecule has 1 rings (SSSR count). The molecule has 1 aliphatic heterocycles. The zero-order chi connectivity index (χ0) is 13.1. The van der Waals surface area contributed by atoms with Gasteiger partial charge < -0.3 is 4.90 Å². The van der Waals surface area contributed by atoms with E-state index in [0.717, 1.165) is 12.0 Å². The third-order valence-electron chi connectivity index (χ3n) is 2.72. The summed E-state index contributed by atoms with van der Waals surface area (Å²) in [6.45, 7) is 2.15. The van der Waals surface area contributed by atoms with Crippen LogP contribution in [0.3, 0.4) is 0 Å². The molecule has 0 N–H and O–H groups in total. The molecule has 0 aliphatic carbocycles. The van der Waals surface area contributed by atoms with Crippen LogP contribution in [0.4, 0.5) is 0 Å². The van der Waals surface area contributed by atoms with Crippen molar-refractivity contribution in [3.8, 4) is 6.07 Å². The van der Waals surface area contributed by atoms with E-state index in [2.05, 4.69) is 0 Å². The Morgan fingerprint density at radius 1 is 1.65 bits per heavy atom. The normalized spacial score (nSPS) is 22.9. The topological polar surface area (TPSA) is 78.2 Å². The van der Waals surface area contributed by atoms with Crippen molar-refractivity contribution < 1.29 is 13.2 Å². The summed E-state index contributed by atoms with van der Waals surface area (Å²) < 4.78 is 23.2. The highest BCUT2D eigenvalue weighted by Crippen LogP contribution is 2.22. The number of hydrogen-bond donors (Lipinski definition) is 0. The summed E-state index contributed by atoms with van der Waals surface area (Å²) in [5.74, 6) is 0.0274. The maximum absolute atomic E-state index is 12.0. The number of thioether (sulfide) groups is 1. The molecule has 1 heterocycles. The lowest BCUT2D eigenvalue weighted by Gasteiger charge is -2.35. The second-order valence-electron chi connectivity index (χ2n) is 3.98. The van der Waals surface area contributed by atoms with Gasteiger partial charge in [0.25, 0.3) is 0 Å². The first-order valence-corrected chi connectivity index (χ1v) is 8.49. The molecule has 96 valence electrons. The van der Waals surface area contributed by atoms with Crippen molar-refractivity contribution in [1.82, 2.24) is 4.90 Å². The molecule has 0 aromatic heterocycles. The van der Waals surface area contributed by atoms with Crippen LogP contribution in [0.1, 0.15) is 13.3 Å². The Morgan fingerprint density at radius 3 is 2.76 bits per heavy atom. The zero-order valence-electron chi connectivity index (χ0n) is 9.92. The summed E-state index contributed by atoms with van der Waals surface area (Å²) in [4.78, 5) is 13.4. The number of hydrogen-bond acceptors (Lipinski definition) is 5.